The summed E-state index contributed by atoms with van der Waals surface area (Å²) >= 11 is 6.26. The minimum atomic E-state index is -4.68. The van der Waals surface area contributed by atoms with E-state index >= 15 is 0 Å². The Morgan fingerprint density at radius 1 is 0.970 bits per heavy atom. The van der Waals surface area contributed by atoms with Gasteiger partial charge in [0.05, 0.1) is 12.2 Å². The number of halogens is 4. The molecule has 0 amide bonds. The Morgan fingerprint density at radius 3 is 2.48 bits per heavy atom. The van der Waals surface area contributed by atoms with Crippen LogP contribution in [0.2, 0.25) is 5.02 Å². The Hall–Kier alpha value is -2.58. The number of hydrogen-bond acceptors (Lipinski definition) is 4. The largest absolute Gasteiger partial charge is 0.573 e. The summed E-state index contributed by atoms with van der Waals surface area (Å²) in [6.07, 6.45) is -1.15. The van der Waals surface area contributed by atoms with Crippen molar-refractivity contribution < 1.29 is 17.9 Å². The van der Waals surface area contributed by atoms with E-state index in [1.807, 2.05) is 24.3 Å². The van der Waals surface area contributed by atoms with Gasteiger partial charge in [0, 0.05) is 17.5 Å². The average molecular weight is 477 g/mol. The number of aromatic nitrogens is 3. The molecule has 0 N–H and O–H groups in total. The van der Waals surface area contributed by atoms with Crippen LogP contribution in [-0.4, -0.2) is 33.1 Å². The van der Waals surface area contributed by atoms with Gasteiger partial charge in [-0.15, -0.1) is 23.4 Å². The standard InChI is InChI=1S/C24H24ClF3N4O/c1-31-13-18-11-19(25)9-10-21(18)32-22(14-31)29-30-23(32)16-7-5-15(6-8-16)17-3-2-4-20(12-17)33-24(26,27)28/h2-4,9-12,15-16H,5-8,13-14H2,1H3/t15-,16-. The van der Waals surface area contributed by atoms with E-state index in [4.69, 9.17) is 11.6 Å². The van der Waals surface area contributed by atoms with Gasteiger partial charge in [-0.3, -0.25) is 9.47 Å². The highest BCUT2D eigenvalue weighted by Crippen LogP contribution is 2.42. The molecule has 0 bridgehead atoms. The first-order chi connectivity index (χ1) is 15.8. The van der Waals surface area contributed by atoms with Gasteiger partial charge in [0.25, 0.3) is 0 Å². The van der Waals surface area contributed by atoms with Crippen LogP contribution in [0.15, 0.2) is 42.5 Å². The van der Waals surface area contributed by atoms with E-state index in [-0.39, 0.29) is 17.6 Å². The van der Waals surface area contributed by atoms with E-state index in [2.05, 4.69) is 31.4 Å². The van der Waals surface area contributed by atoms with Crippen molar-refractivity contribution in [1.82, 2.24) is 19.7 Å². The summed E-state index contributed by atoms with van der Waals surface area (Å²) in [6, 6.07) is 12.3. The number of ether oxygens (including phenoxy) is 1. The predicted octanol–water partition coefficient (Wildman–Crippen LogP) is 6.21. The van der Waals surface area contributed by atoms with Crippen LogP contribution in [0.25, 0.3) is 5.69 Å². The van der Waals surface area contributed by atoms with Gasteiger partial charge in [0.1, 0.15) is 11.6 Å². The van der Waals surface area contributed by atoms with Crippen LogP contribution in [0.4, 0.5) is 13.2 Å². The van der Waals surface area contributed by atoms with Crippen LogP contribution in [0.1, 0.15) is 60.3 Å². The summed E-state index contributed by atoms with van der Waals surface area (Å²) in [5, 5.41) is 9.79. The molecule has 0 saturated heterocycles. The van der Waals surface area contributed by atoms with E-state index in [1.165, 1.54) is 12.1 Å². The Bertz CT molecular complexity index is 1150. The molecule has 2 aliphatic rings. The summed E-state index contributed by atoms with van der Waals surface area (Å²) in [4.78, 5) is 2.19. The molecule has 1 saturated carbocycles. The lowest BCUT2D eigenvalue weighted by Crippen LogP contribution is -2.18. The van der Waals surface area contributed by atoms with Gasteiger partial charge < -0.3 is 4.74 Å². The van der Waals surface area contributed by atoms with Crippen LogP contribution < -0.4 is 4.74 Å². The molecule has 0 spiro atoms. The van der Waals surface area contributed by atoms with E-state index in [0.29, 0.717) is 11.6 Å². The first kappa shape index (κ1) is 22.2. The van der Waals surface area contributed by atoms with Gasteiger partial charge in [-0.25, -0.2) is 0 Å². The Kier molecular flexibility index (Phi) is 5.82. The van der Waals surface area contributed by atoms with Crippen molar-refractivity contribution in [1.29, 1.82) is 0 Å². The van der Waals surface area contributed by atoms with Crippen molar-refractivity contribution >= 4 is 11.6 Å². The first-order valence-corrected chi connectivity index (χ1v) is 11.4. The molecule has 2 aromatic carbocycles. The molecule has 1 aliphatic carbocycles. The molecule has 5 rings (SSSR count). The van der Waals surface area contributed by atoms with E-state index in [0.717, 1.165) is 60.7 Å². The molecular weight excluding hydrogens is 453 g/mol. The lowest BCUT2D eigenvalue weighted by molar-refractivity contribution is -0.274. The molecule has 1 fully saturated rings. The molecule has 174 valence electrons. The molecule has 9 heteroatoms. The molecule has 2 heterocycles. The molecule has 3 aromatic rings. The highest BCUT2D eigenvalue weighted by molar-refractivity contribution is 6.30. The van der Waals surface area contributed by atoms with Gasteiger partial charge >= 0.3 is 6.36 Å². The van der Waals surface area contributed by atoms with E-state index in [1.54, 1.807) is 6.07 Å². The molecule has 0 atom stereocenters. The van der Waals surface area contributed by atoms with Crippen LogP contribution in [0.3, 0.4) is 0 Å². The summed E-state index contributed by atoms with van der Waals surface area (Å²) in [5.74, 6) is 2.14. The van der Waals surface area contributed by atoms with Crippen molar-refractivity contribution in [2.75, 3.05) is 7.05 Å². The van der Waals surface area contributed by atoms with Crippen molar-refractivity contribution in [3.05, 3.63) is 70.3 Å². The summed E-state index contributed by atoms with van der Waals surface area (Å²) in [6.45, 7) is 1.47. The lowest BCUT2D eigenvalue weighted by Gasteiger charge is -2.29. The monoisotopic (exact) mass is 476 g/mol. The molecule has 0 radical (unpaired) electrons. The minimum Gasteiger partial charge on any atom is -0.406 e. The van der Waals surface area contributed by atoms with Crippen LogP contribution in [-0.2, 0) is 13.1 Å². The van der Waals surface area contributed by atoms with Crippen molar-refractivity contribution in [2.45, 2.75) is 57.0 Å². The topological polar surface area (TPSA) is 43.2 Å². The zero-order valence-corrected chi connectivity index (χ0v) is 18.9. The van der Waals surface area contributed by atoms with Crippen LogP contribution >= 0.6 is 11.6 Å². The molecule has 0 unspecified atom stereocenters. The second-order valence-corrected chi connectivity index (χ2v) is 9.36. The van der Waals surface area contributed by atoms with Crippen LogP contribution in [0.5, 0.6) is 5.75 Å². The summed E-state index contributed by atoms with van der Waals surface area (Å²) in [7, 11) is 2.05. The molecule has 1 aromatic heterocycles. The highest BCUT2D eigenvalue weighted by atomic mass is 35.5. The summed E-state index contributed by atoms with van der Waals surface area (Å²) in [5.41, 5.74) is 3.09. The van der Waals surface area contributed by atoms with Crippen molar-refractivity contribution in [3.8, 4) is 11.4 Å². The van der Waals surface area contributed by atoms with Crippen molar-refractivity contribution in [3.63, 3.8) is 0 Å². The van der Waals surface area contributed by atoms with Crippen LogP contribution in [0, 0.1) is 0 Å². The third-order valence-corrected chi connectivity index (χ3v) is 6.78. The Labute approximate surface area is 195 Å². The number of fused-ring (bicyclic) bond motifs is 3. The molecule has 1 aliphatic heterocycles. The average Bonchev–Trinajstić information content (AvgIpc) is 3.10. The first-order valence-electron chi connectivity index (χ1n) is 11.0. The number of nitrogens with zero attached hydrogens (tertiary/aromatic N) is 4. The van der Waals surface area contributed by atoms with E-state index < -0.39 is 6.36 Å². The zero-order valence-electron chi connectivity index (χ0n) is 18.1. The van der Waals surface area contributed by atoms with Gasteiger partial charge in [0.15, 0.2) is 5.82 Å². The minimum absolute atomic E-state index is 0.163. The smallest absolute Gasteiger partial charge is 0.406 e. The maximum Gasteiger partial charge on any atom is 0.573 e. The van der Waals surface area contributed by atoms with Crippen molar-refractivity contribution in [2.24, 2.45) is 0 Å². The maximum atomic E-state index is 12.6. The third kappa shape index (κ3) is 4.73. The maximum absolute atomic E-state index is 12.6. The van der Waals surface area contributed by atoms with Gasteiger partial charge in [0.2, 0.25) is 0 Å². The Morgan fingerprint density at radius 2 is 1.73 bits per heavy atom. The number of hydrogen-bond donors (Lipinski definition) is 0. The lowest BCUT2D eigenvalue weighted by atomic mass is 9.78. The number of alkyl halides is 3. The number of rotatable bonds is 3. The van der Waals surface area contributed by atoms with Gasteiger partial charge in [-0.05, 0) is 80.1 Å². The van der Waals surface area contributed by atoms with E-state index in [9.17, 15) is 13.2 Å². The number of benzene rings is 2. The second kappa shape index (κ2) is 8.65. The second-order valence-electron chi connectivity index (χ2n) is 8.92. The highest BCUT2D eigenvalue weighted by Gasteiger charge is 2.33. The molecule has 5 nitrogen and oxygen atoms in total. The zero-order chi connectivity index (χ0) is 23.2. The SMILES string of the molecule is CN1Cc2cc(Cl)ccc2-n2c(nnc2[C@H]2CC[C@H](c3cccc(OC(F)(F)F)c3)CC2)C1. The third-order valence-electron chi connectivity index (χ3n) is 6.54. The molecular formula is C24H24ClF3N4O. The predicted molar refractivity (Wildman–Crippen MR) is 119 cm³/mol. The fourth-order valence-electron chi connectivity index (χ4n) is 5.10. The fraction of sp³-hybridized carbons (Fsp3) is 0.417. The Balaban J connectivity index is 1.37. The normalized spacial score (nSPS) is 21.2. The molecule has 33 heavy (non-hydrogen) atoms. The fourth-order valence-corrected chi connectivity index (χ4v) is 5.29. The quantitative estimate of drug-likeness (QED) is 0.451. The van der Waals surface area contributed by atoms with Gasteiger partial charge in [-0.1, -0.05) is 23.7 Å². The summed E-state index contributed by atoms with van der Waals surface area (Å²) < 4.78 is 44.1. The van der Waals surface area contributed by atoms with Gasteiger partial charge in [-0.2, -0.15) is 0 Å².